The molecule has 0 spiro atoms. The second kappa shape index (κ2) is 19.2. The predicted molar refractivity (Wildman–Crippen MR) is 215 cm³/mol. The highest BCUT2D eigenvalue weighted by atomic mass is 16.6. The summed E-state index contributed by atoms with van der Waals surface area (Å²) in [5.41, 5.74) is 0.0459. The van der Waals surface area contributed by atoms with Crippen LogP contribution >= 0.6 is 0 Å². The van der Waals surface area contributed by atoms with Crippen LogP contribution in [-0.4, -0.2) is 70.4 Å². The number of carbonyl (C=O) groups excluding carboxylic acids is 5. The molecule has 60 heavy (non-hydrogen) atoms. The number of benzene rings is 5. The van der Waals surface area contributed by atoms with Crippen molar-refractivity contribution in [3.63, 3.8) is 0 Å². The summed E-state index contributed by atoms with van der Waals surface area (Å²) in [6.07, 6.45) is -6.54. The van der Waals surface area contributed by atoms with Crippen LogP contribution in [0.5, 0.6) is 0 Å². The molecule has 1 amide bonds. The van der Waals surface area contributed by atoms with E-state index in [1.165, 1.54) is 48.7 Å². The Labute approximate surface area is 343 Å². The average molecular weight is 808 g/mol. The highest BCUT2D eigenvalue weighted by molar-refractivity contribution is 6.03. The molecule has 14 nitrogen and oxygen atoms in total. The molecule has 0 bridgehead atoms. The monoisotopic (exact) mass is 807 g/mol. The minimum Gasteiger partial charge on any atom is -0.459 e. The molecule has 5 atom stereocenters. The highest BCUT2D eigenvalue weighted by Gasteiger charge is 2.48. The number of ether oxygens (including phenoxy) is 5. The maximum absolute atomic E-state index is 13.9. The number of aromatic nitrogens is 2. The topological polar surface area (TPSA) is 178 Å². The summed E-state index contributed by atoms with van der Waals surface area (Å²) < 4.78 is 31.6. The van der Waals surface area contributed by atoms with Crippen LogP contribution in [0.15, 0.2) is 169 Å². The van der Waals surface area contributed by atoms with Crippen molar-refractivity contribution in [2.24, 2.45) is 0 Å². The third-order valence-electron chi connectivity index (χ3n) is 9.39. The number of nitrogens with zero attached hydrogens (tertiary/aromatic N) is 2. The van der Waals surface area contributed by atoms with Gasteiger partial charge >= 0.3 is 29.6 Å². The number of hydrogen-bond acceptors (Lipinski definition) is 12. The standard InChI is InChI=1S/C46H37N3O11/c50-40(30-16-6-1-7-17-30)47-38-26-27-49(46(55)48-38)41-36(59-44(53)33-22-12-4-13-23-33)28-35(58-43(52)32-20-10-3-11-21-32)39(60-45(54)34-24-14-5-15-25-34)37(57-41)29-56-42(51)31-18-8-2-9-19-31/h1-27,35-37,39,41H,28-29H2,(H,47,48,50,55)/t35-,36-,37-,39+,41-/m1/s1. The van der Waals surface area contributed by atoms with Crippen LogP contribution in [0, 0.1) is 0 Å². The van der Waals surface area contributed by atoms with E-state index in [0.717, 1.165) is 4.57 Å². The van der Waals surface area contributed by atoms with E-state index in [1.54, 1.807) is 115 Å². The summed E-state index contributed by atoms with van der Waals surface area (Å²) in [4.78, 5) is 85.6. The minimum absolute atomic E-state index is 0.0887. The third kappa shape index (κ3) is 10.0. The van der Waals surface area contributed by atoms with E-state index < -0.39 is 79.1 Å². The van der Waals surface area contributed by atoms with E-state index in [-0.39, 0.29) is 28.1 Å². The lowest BCUT2D eigenvalue weighted by atomic mass is 10.0. The Morgan fingerprint density at radius 1 is 0.567 bits per heavy atom. The summed E-state index contributed by atoms with van der Waals surface area (Å²) in [6, 6.07) is 41.8. The van der Waals surface area contributed by atoms with Gasteiger partial charge in [-0.15, -0.1) is 0 Å². The Bertz CT molecular complexity index is 2490. The van der Waals surface area contributed by atoms with Crippen LogP contribution in [0.25, 0.3) is 0 Å². The largest absolute Gasteiger partial charge is 0.459 e. The molecule has 1 aliphatic rings. The van der Waals surface area contributed by atoms with Crippen LogP contribution in [0.3, 0.4) is 0 Å². The SMILES string of the molecule is O=C(Nc1ccn([C@@H]2O[C@H](COC(=O)c3ccccc3)[C@@H](OC(=O)c3ccccc3)[C@H](OC(=O)c3ccccc3)C[C@H]2OC(=O)c2ccccc2)c(=O)n1)c1ccccc1. The molecule has 14 heteroatoms. The number of nitrogens with one attached hydrogen (secondary N) is 1. The maximum atomic E-state index is 13.9. The molecule has 1 aromatic heterocycles. The van der Waals surface area contributed by atoms with Gasteiger partial charge in [0.05, 0.1) is 22.3 Å². The van der Waals surface area contributed by atoms with Gasteiger partial charge in [0.25, 0.3) is 5.91 Å². The fourth-order valence-corrected chi connectivity index (χ4v) is 6.41. The molecule has 1 fully saturated rings. The average Bonchev–Trinajstić information content (AvgIpc) is 3.42. The van der Waals surface area contributed by atoms with Crippen molar-refractivity contribution in [3.05, 3.63) is 202 Å². The molecule has 6 aromatic rings. The zero-order valence-corrected chi connectivity index (χ0v) is 31.8. The lowest BCUT2D eigenvalue weighted by molar-refractivity contribution is -0.152. The number of carbonyl (C=O) groups is 5. The van der Waals surface area contributed by atoms with Gasteiger partial charge in [-0.25, -0.2) is 24.0 Å². The lowest BCUT2D eigenvalue weighted by Crippen LogP contribution is -2.46. The lowest BCUT2D eigenvalue weighted by Gasteiger charge is -2.30. The molecular formula is C46H37N3O11. The van der Waals surface area contributed by atoms with Crippen LogP contribution in [0.4, 0.5) is 5.82 Å². The molecule has 302 valence electrons. The van der Waals surface area contributed by atoms with E-state index in [1.807, 2.05) is 0 Å². The van der Waals surface area contributed by atoms with E-state index in [4.69, 9.17) is 23.7 Å². The van der Waals surface area contributed by atoms with E-state index in [0.29, 0.717) is 5.56 Å². The first kappa shape index (κ1) is 40.5. The van der Waals surface area contributed by atoms with Gasteiger partial charge in [0.2, 0.25) is 0 Å². The summed E-state index contributed by atoms with van der Waals surface area (Å²) in [7, 11) is 0. The molecular weight excluding hydrogens is 771 g/mol. The molecule has 0 unspecified atom stereocenters. The van der Waals surface area contributed by atoms with E-state index in [2.05, 4.69) is 10.3 Å². The number of esters is 4. The van der Waals surface area contributed by atoms with Crippen molar-refractivity contribution in [1.82, 2.24) is 9.55 Å². The van der Waals surface area contributed by atoms with E-state index >= 15 is 0 Å². The Balaban J connectivity index is 1.31. The van der Waals surface area contributed by atoms with Crippen molar-refractivity contribution >= 4 is 35.6 Å². The first-order chi connectivity index (χ1) is 29.2. The van der Waals surface area contributed by atoms with Crippen LogP contribution in [0.1, 0.15) is 64.4 Å². The smallest absolute Gasteiger partial charge is 0.351 e. The summed E-state index contributed by atoms with van der Waals surface area (Å²) in [5.74, 6) is -3.83. The Hall–Kier alpha value is -7.71. The molecule has 5 aromatic carbocycles. The van der Waals surface area contributed by atoms with Crippen LogP contribution < -0.4 is 11.0 Å². The molecule has 1 saturated heterocycles. The quantitative estimate of drug-likeness (QED) is 0.108. The Kier molecular flexibility index (Phi) is 12.9. The van der Waals surface area contributed by atoms with Crippen LogP contribution in [-0.2, 0) is 23.7 Å². The zero-order chi connectivity index (χ0) is 41.8. The van der Waals surface area contributed by atoms with Crippen molar-refractivity contribution < 1.29 is 47.7 Å². The van der Waals surface area contributed by atoms with Gasteiger partial charge in [-0.05, 0) is 66.7 Å². The zero-order valence-electron chi connectivity index (χ0n) is 31.8. The fraction of sp³-hybridized carbons (Fsp3) is 0.152. The molecule has 0 saturated carbocycles. The van der Waals surface area contributed by atoms with Gasteiger partial charge in [-0.3, -0.25) is 9.36 Å². The number of rotatable bonds is 12. The van der Waals surface area contributed by atoms with Crippen molar-refractivity contribution in [3.8, 4) is 0 Å². The number of hydrogen-bond donors (Lipinski definition) is 1. The van der Waals surface area contributed by atoms with Crippen molar-refractivity contribution in [2.45, 2.75) is 37.1 Å². The summed E-state index contributed by atoms with van der Waals surface area (Å²) in [6.45, 7) is -0.594. The predicted octanol–water partition coefficient (Wildman–Crippen LogP) is 6.32. The first-order valence-electron chi connectivity index (χ1n) is 18.8. The van der Waals surface area contributed by atoms with Crippen LogP contribution in [0.2, 0.25) is 0 Å². The second-order valence-corrected chi connectivity index (χ2v) is 13.4. The van der Waals surface area contributed by atoms with Crippen molar-refractivity contribution in [2.75, 3.05) is 11.9 Å². The molecule has 7 rings (SSSR count). The highest BCUT2D eigenvalue weighted by Crippen LogP contribution is 2.34. The number of anilines is 1. The summed E-state index contributed by atoms with van der Waals surface area (Å²) in [5, 5.41) is 2.59. The fourth-order valence-electron chi connectivity index (χ4n) is 6.41. The second-order valence-electron chi connectivity index (χ2n) is 13.4. The normalized spacial score (nSPS) is 18.5. The van der Waals surface area contributed by atoms with Gasteiger partial charge in [0.1, 0.15) is 24.6 Å². The maximum Gasteiger partial charge on any atom is 0.351 e. The van der Waals surface area contributed by atoms with Crippen molar-refractivity contribution in [1.29, 1.82) is 0 Å². The molecule has 1 aliphatic heterocycles. The summed E-state index contributed by atoms with van der Waals surface area (Å²) >= 11 is 0. The molecule has 0 aliphatic carbocycles. The molecule has 2 heterocycles. The van der Waals surface area contributed by atoms with Gasteiger partial charge in [0.15, 0.2) is 18.4 Å². The molecule has 0 radical (unpaired) electrons. The number of amides is 1. The minimum atomic E-state index is -1.56. The van der Waals surface area contributed by atoms with Gasteiger partial charge in [-0.2, -0.15) is 4.98 Å². The molecule has 1 N–H and O–H groups in total. The third-order valence-corrected chi connectivity index (χ3v) is 9.39. The van der Waals surface area contributed by atoms with Gasteiger partial charge < -0.3 is 29.0 Å². The van der Waals surface area contributed by atoms with Gasteiger partial charge in [0, 0.05) is 18.2 Å². The first-order valence-corrected chi connectivity index (χ1v) is 18.8. The Morgan fingerprint density at radius 3 is 1.48 bits per heavy atom. The van der Waals surface area contributed by atoms with Gasteiger partial charge in [-0.1, -0.05) is 91.0 Å². The Morgan fingerprint density at radius 2 is 1.00 bits per heavy atom. The van der Waals surface area contributed by atoms with E-state index in [9.17, 15) is 28.8 Å².